The molecule has 94 valence electrons. The van der Waals surface area contributed by atoms with Gasteiger partial charge in [0.25, 0.3) is 0 Å². The van der Waals surface area contributed by atoms with E-state index in [1.165, 1.54) is 6.92 Å². The first-order valence-electron chi connectivity index (χ1n) is 5.12. The van der Waals surface area contributed by atoms with Crippen LogP contribution in [0.2, 0.25) is 0 Å². The Kier molecular flexibility index (Phi) is 3.90. The van der Waals surface area contributed by atoms with E-state index in [-0.39, 0.29) is 4.90 Å². The molecular formula is C11H16N2O3S. The first-order valence-corrected chi connectivity index (χ1v) is 6.60. The number of primary amides is 1. The SMILES string of the molecule is Cc1cc(C)cc(S(=O)(=O)NC(C)C(N)=O)c1. The summed E-state index contributed by atoms with van der Waals surface area (Å²) < 4.78 is 26.1. The first-order chi connectivity index (χ1) is 7.72. The second-order valence-electron chi connectivity index (χ2n) is 4.07. The fraction of sp³-hybridized carbons (Fsp3) is 0.364. The molecule has 5 nitrogen and oxygen atoms in total. The molecule has 0 saturated heterocycles. The van der Waals surface area contributed by atoms with E-state index in [0.29, 0.717) is 0 Å². The maximum atomic E-state index is 11.9. The third kappa shape index (κ3) is 3.54. The topological polar surface area (TPSA) is 89.3 Å². The molecule has 0 bridgehead atoms. The van der Waals surface area contributed by atoms with Crippen molar-refractivity contribution in [2.45, 2.75) is 31.7 Å². The lowest BCUT2D eigenvalue weighted by atomic mass is 10.2. The van der Waals surface area contributed by atoms with E-state index < -0.39 is 22.0 Å². The summed E-state index contributed by atoms with van der Waals surface area (Å²) in [5.41, 5.74) is 6.70. The van der Waals surface area contributed by atoms with Gasteiger partial charge < -0.3 is 5.73 Å². The molecule has 1 atom stereocenters. The second-order valence-corrected chi connectivity index (χ2v) is 5.78. The zero-order chi connectivity index (χ0) is 13.2. The van der Waals surface area contributed by atoms with Crippen LogP contribution in [0.3, 0.4) is 0 Å². The van der Waals surface area contributed by atoms with Crippen molar-refractivity contribution in [3.05, 3.63) is 29.3 Å². The molecular weight excluding hydrogens is 240 g/mol. The van der Waals surface area contributed by atoms with Crippen molar-refractivity contribution in [1.29, 1.82) is 0 Å². The minimum atomic E-state index is -3.70. The van der Waals surface area contributed by atoms with Crippen LogP contribution in [0.5, 0.6) is 0 Å². The largest absolute Gasteiger partial charge is 0.368 e. The Morgan fingerprint density at radius 2 is 1.71 bits per heavy atom. The summed E-state index contributed by atoms with van der Waals surface area (Å²) >= 11 is 0. The summed E-state index contributed by atoms with van der Waals surface area (Å²) in [6, 6.07) is 4.03. The summed E-state index contributed by atoms with van der Waals surface area (Å²) in [7, 11) is -3.70. The van der Waals surface area contributed by atoms with Gasteiger partial charge in [0.2, 0.25) is 15.9 Å². The fourth-order valence-corrected chi connectivity index (χ4v) is 2.85. The van der Waals surface area contributed by atoms with Crippen molar-refractivity contribution in [2.75, 3.05) is 0 Å². The van der Waals surface area contributed by atoms with Gasteiger partial charge in [-0.15, -0.1) is 0 Å². The van der Waals surface area contributed by atoms with Crippen LogP contribution in [-0.4, -0.2) is 20.4 Å². The molecule has 17 heavy (non-hydrogen) atoms. The molecule has 0 aliphatic heterocycles. The van der Waals surface area contributed by atoms with E-state index in [9.17, 15) is 13.2 Å². The van der Waals surface area contributed by atoms with Gasteiger partial charge in [0.15, 0.2) is 0 Å². The molecule has 1 aromatic carbocycles. The summed E-state index contributed by atoms with van der Waals surface area (Å²) in [6.45, 7) is 5.02. The lowest BCUT2D eigenvalue weighted by molar-refractivity contribution is -0.119. The highest BCUT2D eigenvalue weighted by molar-refractivity contribution is 7.89. The maximum absolute atomic E-state index is 11.9. The standard InChI is InChI=1S/C11H16N2O3S/c1-7-4-8(2)6-10(5-7)17(15,16)13-9(3)11(12)14/h4-6,9,13H,1-3H3,(H2,12,14). The quantitative estimate of drug-likeness (QED) is 0.820. The number of sulfonamides is 1. The van der Waals surface area contributed by atoms with E-state index in [1.54, 1.807) is 12.1 Å². The smallest absolute Gasteiger partial charge is 0.241 e. The summed E-state index contributed by atoms with van der Waals surface area (Å²) in [4.78, 5) is 11.0. The number of benzene rings is 1. The Bertz CT molecular complexity index is 517. The van der Waals surface area contributed by atoms with Gasteiger partial charge in [-0.25, -0.2) is 8.42 Å². The molecule has 0 aliphatic carbocycles. The van der Waals surface area contributed by atoms with E-state index in [2.05, 4.69) is 4.72 Å². The van der Waals surface area contributed by atoms with E-state index in [1.807, 2.05) is 19.9 Å². The first kappa shape index (κ1) is 13.7. The molecule has 1 amide bonds. The lowest BCUT2D eigenvalue weighted by Gasteiger charge is -2.12. The molecule has 0 heterocycles. The minimum absolute atomic E-state index is 0.142. The van der Waals surface area contributed by atoms with Gasteiger partial charge in [-0.3, -0.25) is 4.79 Å². The van der Waals surface area contributed by atoms with Crippen LogP contribution in [0.15, 0.2) is 23.1 Å². The molecule has 0 aliphatic rings. The number of nitrogens with two attached hydrogens (primary N) is 1. The third-order valence-electron chi connectivity index (χ3n) is 2.26. The van der Waals surface area contributed by atoms with Crippen LogP contribution in [0.25, 0.3) is 0 Å². The van der Waals surface area contributed by atoms with Gasteiger partial charge in [-0.1, -0.05) is 6.07 Å². The predicted molar refractivity (Wildman–Crippen MR) is 64.9 cm³/mol. The molecule has 0 spiro atoms. The van der Waals surface area contributed by atoms with Gasteiger partial charge >= 0.3 is 0 Å². The molecule has 1 rings (SSSR count). The average molecular weight is 256 g/mol. The summed E-state index contributed by atoms with van der Waals surface area (Å²) in [5, 5.41) is 0. The van der Waals surface area contributed by atoms with E-state index in [4.69, 9.17) is 5.73 Å². The van der Waals surface area contributed by atoms with Crippen LogP contribution in [0.1, 0.15) is 18.1 Å². The van der Waals surface area contributed by atoms with Crippen LogP contribution in [0, 0.1) is 13.8 Å². The molecule has 6 heteroatoms. The molecule has 3 N–H and O–H groups in total. The number of carbonyl (C=O) groups is 1. The molecule has 0 radical (unpaired) electrons. The fourth-order valence-electron chi connectivity index (χ4n) is 1.45. The normalized spacial score (nSPS) is 13.4. The van der Waals surface area contributed by atoms with Gasteiger partial charge in [0, 0.05) is 0 Å². The van der Waals surface area contributed by atoms with Crippen LogP contribution < -0.4 is 10.5 Å². The van der Waals surface area contributed by atoms with Crippen LogP contribution in [0.4, 0.5) is 0 Å². The zero-order valence-electron chi connectivity index (χ0n) is 10.0. The Morgan fingerprint density at radius 1 is 1.24 bits per heavy atom. The Morgan fingerprint density at radius 3 is 2.12 bits per heavy atom. The minimum Gasteiger partial charge on any atom is -0.368 e. The highest BCUT2D eigenvalue weighted by Gasteiger charge is 2.20. The van der Waals surface area contributed by atoms with Crippen molar-refractivity contribution in [3.63, 3.8) is 0 Å². The number of carbonyl (C=O) groups excluding carboxylic acids is 1. The predicted octanol–water partition coefficient (Wildman–Crippen LogP) is 0.456. The average Bonchev–Trinajstić information content (AvgIpc) is 2.15. The monoisotopic (exact) mass is 256 g/mol. The highest BCUT2D eigenvalue weighted by atomic mass is 32.2. The maximum Gasteiger partial charge on any atom is 0.241 e. The Balaban J connectivity index is 3.09. The number of rotatable bonds is 4. The molecule has 0 fully saturated rings. The number of nitrogens with one attached hydrogen (secondary N) is 1. The number of hydrogen-bond acceptors (Lipinski definition) is 3. The number of amides is 1. The van der Waals surface area contributed by atoms with Gasteiger partial charge in [0.1, 0.15) is 0 Å². The molecule has 0 aromatic heterocycles. The second kappa shape index (κ2) is 4.85. The zero-order valence-corrected chi connectivity index (χ0v) is 10.8. The van der Waals surface area contributed by atoms with Gasteiger partial charge in [-0.2, -0.15) is 4.72 Å². The van der Waals surface area contributed by atoms with Gasteiger partial charge in [0.05, 0.1) is 10.9 Å². The number of hydrogen-bond donors (Lipinski definition) is 2. The van der Waals surface area contributed by atoms with Crippen molar-refractivity contribution < 1.29 is 13.2 Å². The molecule has 0 saturated carbocycles. The van der Waals surface area contributed by atoms with Crippen molar-refractivity contribution >= 4 is 15.9 Å². The van der Waals surface area contributed by atoms with Crippen LogP contribution in [-0.2, 0) is 14.8 Å². The van der Waals surface area contributed by atoms with Gasteiger partial charge in [-0.05, 0) is 44.0 Å². The molecule has 1 aromatic rings. The van der Waals surface area contributed by atoms with Crippen molar-refractivity contribution in [2.24, 2.45) is 5.73 Å². The highest BCUT2D eigenvalue weighted by Crippen LogP contribution is 2.14. The van der Waals surface area contributed by atoms with E-state index in [0.717, 1.165) is 11.1 Å². The van der Waals surface area contributed by atoms with E-state index >= 15 is 0 Å². The third-order valence-corrected chi connectivity index (χ3v) is 3.78. The Labute approximate surface area is 101 Å². The lowest BCUT2D eigenvalue weighted by Crippen LogP contribution is -2.42. The van der Waals surface area contributed by atoms with Crippen molar-refractivity contribution in [1.82, 2.24) is 4.72 Å². The number of aryl methyl sites for hydroxylation is 2. The summed E-state index contributed by atoms with van der Waals surface area (Å²) in [6.07, 6.45) is 0. The van der Waals surface area contributed by atoms with Crippen molar-refractivity contribution in [3.8, 4) is 0 Å². The Hall–Kier alpha value is -1.40. The molecule has 1 unspecified atom stereocenters. The van der Waals surface area contributed by atoms with Crippen LogP contribution >= 0.6 is 0 Å². The summed E-state index contributed by atoms with van der Waals surface area (Å²) in [5.74, 6) is -0.710.